The minimum atomic E-state index is 0.132. The number of ether oxygens (including phenoxy) is 1. The molecule has 0 aliphatic carbocycles. The van der Waals surface area contributed by atoms with Gasteiger partial charge >= 0.3 is 0 Å². The van der Waals surface area contributed by atoms with Crippen LogP contribution in [0.4, 0.5) is 0 Å². The van der Waals surface area contributed by atoms with Crippen LogP contribution in [0.3, 0.4) is 0 Å². The molecule has 0 bridgehead atoms. The molecule has 102 valence electrons. The molecule has 3 heteroatoms. The van der Waals surface area contributed by atoms with Crippen LogP contribution in [0.2, 0.25) is 0 Å². The molecule has 0 aliphatic rings. The number of benzene rings is 1. The van der Waals surface area contributed by atoms with Gasteiger partial charge < -0.3 is 10.5 Å². The summed E-state index contributed by atoms with van der Waals surface area (Å²) < 4.78 is 6.63. The molecule has 0 saturated heterocycles. The maximum Gasteiger partial charge on any atom is 0.133 e. The quantitative estimate of drug-likeness (QED) is 0.698. The van der Waals surface area contributed by atoms with Crippen LogP contribution in [0.15, 0.2) is 22.7 Å². The van der Waals surface area contributed by atoms with Gasteiger partial charge in [0.25, 0.3) is 0 Å². The zero-order chi connectivity index (χ0) is 13.4. The molecule has 0 aliphatic heterocycles. The summed E-state index contributed by atoms with van der Waals surface area (Å²) in [7, 11) is 0. The average Bonchev–Trinajstić information content (AvgIpc) is 2.37. The van der Waals surface area contributed by atoms with Gasteiger partial charge in [0.1, 0.15) is 5.75 Å². The summed E-state index contributed by atoms with van der Waals surface area (Å²) in [5.74, 6) is 0.904. The summed E-state index contributed by atoms with van der Waals surface area (Å²) in [4.78, 5) is 0. The Kier molecular flexibility index (Phi) is 7.36. The van der Waals surface area contributed by atoms with E-state index in [-0.39, 0.29) is 6.04 Å². The van der Waals surface area contributed by atoms with Crippen molar-refractivity contribution in [2.45, 2.75) is 52.0 Å². The fourth-order valence-corrected chi connectivity index (χ4v) is 2.37. The van der Waals surface area contributed by atoms with Crippen LogP contribution in [0.1, 0.15) is 57.6 Å². The zero-order valence-electron chi connectivity index (χ0n) is 11.4. The molecule has 2 N–H and O–H groups in total. The van der Waals surface area contributed by atoms with Gasteiger partial charge in [-0.15, -0.1) is 0 Å². The van der Waals surface area contributed by atoms with Crippen molar-refractivity contribution in [3.63, 3.8) is 0 Å². The standard InChI is InChI=1S/C15H24BrNO/c1-3-5-6-7-14(17)12-8-9-15(13(16)11-12)18-10-4-2/h8-9,11,14H,3-7,10,17H2,1-2H3. The minimum absolute atomic E-state index is 0.132. The predicted molar refractivity (Wildman–Crippen MR) is 81.0 cm³/mol. The smallest absolute Gasteiger partial charge is 0.133 e. The van der Waals surface area contributed by atoms with E-state index in [0.717, 1.165) is 29.7 Å². The molecule has 0 heterocycles. The first-order valence-electron chi connectivity index (χ1n) is 6.86. The fourth-order valence-electron chi connectivity index (χ4n) is 1.86. The lowest BCUT2D eigenvalue weighted by Crippen LogP contribution is -2.10. The highest BCUT2D eigenvalue weighted by Gasteiger charge is 2.08. The van der Waals surface area contributed by atoms with Crippen molar-refractivity contribution in [2.24, 2.45) is 5.73 Å². The molecule has 0 radical (unpaired) electrons. The molecular weight excluding hydrogens is 290 g/mol. The van der Waals surface area contributed by atoms with E-state index in [1.165, 1.54) is 24.8 Å². The lowest BCUT2D eigenvalue weighted by molar-refractivity contribution is 0.315. The first kappa shape index (κ1) is 15.5. The normalized spacial score (nSPS) is 12.4. The highest BCUT2D eigenvalue weighted by atomic mass is 79.9. The monoisotopic (exact) mass is 313 g/mol. The van der Waals surface area contributed by atoms with Gasteiger partial charge in [-0.2, -0.15) is 0 Å². The number of nitrogens with two attached hydrogens (primary N) is 1. The summed E-state index contributed by atoms with van der Waals surface area (Å²) >= 11 is 3.55. The molecule has 1 atom stereocenters. The number of hydrogen-bond acceptors (Lipinski definition) is 2. The van der Waals surface area contributed by atoms with Crippen LogP contribution in [0.25, 0.3) is 0 Å². The molecule has 1 aromatic rings. The Bertz CT molecular complexity index is 354. The van der Waals surface area contributed by atoms with Crippen LogP contribution in [0, 0.1) is 0 Å². The Balaban J connectivity index is 2.59. The second-order valence-electron chi connectivity index (χ2n) is 4.64. The summed E-state index contributed by atoms with van der Waals surface area (Å²) in [5, 5.41) is 0. The maximum atomic E-state index is 6.19. The van der Waals surface area contributed by atoms with Gasteiger partial charge in [0.15, 0.2) is 0 Å². The van der Waals surface area contributed by atoms with Crippen LogP contribution in [0.5, 0.6) is 5.75 Å². The van der Waals surface area contributed by atoms with E-state index in [2.05, 4.69) is 41.9 Å². The lowest BCUT2D eigenvalue weighted by Gasteiger charge is -2.14. The van der Waals surface area contributed by atoms with Crippen LogP contribution < -0.4 is 10.5 Å². The van der Waals surface area contributed by atoms with E-state index in [4.69, 9.17) is 10.5 Å². The van der Waals surface area contributed by atoms with Crippen LogP contribution in [-0.4, -0.2) is 6.61 Å². The van der Waals surface area contributed by atoms with E-state index in [9.17, 15) is 0 Å². The minimum Gasteiger partial charge on any atom is -0.492 e. The van der Waals surface area contributed by atoms with E-state index in [1.807, 2.05) is 6.07 Å². The molecule has 0 amide bonds. The van der Waals surface area contributed by atoms with Gasteiger partial charge in [0, 0.05) is 6.04 Å². The van der Waals surface area contributed by atoms with Gasteiger partial charge in [-0.1, -0.05) is 39.2 Å². The predicted octanol–water partition coefficient (Wildman–Crippen LogP) is 4.82. The average molecular weight is 314 g/mol. The SMILES string of the molecule is CCCCCC(N)c1ccc(OCCC)c(Br)c1. The largest absolute Gasteiger partial charge is 0.492 e. The Hall–Kier alpha value is -0.540. The van der Waals surface area contributed by atoms with Gasteiger partial charge in [0.05, 0.1) is 11.1 Å². The molecule has 1 unspecified atom stereocenters. The van der Waals surface area contributed by atoms with Crippen molar-refractivity contribution in [2.75, 3.05) is 6.61 Å². The molecule has 0 aromatic heterocycles. The second-order valence-corrected chi connectivity index (χ2v) is 5.49. The van der Waals surface area contributed by atoms with Gasteiger partial charge in [-0.3, -0.25) is 0 Å². The van der Waals surface area contributed by atoms with Gasteiger partial charge in [0.2, 0.25) is 0 Å². The van der Waals surface area contributed by atoms with E-state index in [1.54, 1.807) is 0 Å². The molecule has 2 nitrogen and oxygen atoms in total. The maximum absolute atomic E-state index is 6.19. The zero-order valence-corrected chi connectivity index (χ0v) is 13.0. The van der Waals surface area contributed by atoms with E-state index < -0.39 is 0 Å². The summed E-state index contributed by atoms with van der Waals surface area (Å²) in [6, 6.07) is 6.30. The molecular formula is C15H24BrNO. The topological polar surface area (TPSA) is 35.2 Å². The molecule has 0 spiro atoms. The van der Waals surface area contributed by atoms with E-state index >= 15 is 0 Å². The number of unbranched alkanes of at least 4 members (excludes halogenated alkanes) is 2. The van der Waals surface area contributed by atoms with Crippen LogP contribution in [-0.2, 0) is 0 Å². The number of halogens is 1. The second kappa shape index (κ2) is 8.54. The molecule has 1 rings (SSSR count). The first-order chi connectivity index (χ1) is 8.69. The highest BCUT2D eigenvalue weighted by molar-refractivity contribution is 9.10. The van der Waals surface area contributed by atoms with Crippen molar-refractivity contribution in [3.8, 4) is 5.75 Å². The van der Waals surface area contributed by atoms with Crippen molar-refractivity contribution in [1.29, 1.82) is 0 Å². The van der Waals surface area contributed by atoms with Crippen molar-refractivity contribution in [1.82, 2.24) is 0 Å². The Morgan fingerprint density at radius 3 is 2.61 bits per heavy atom. The molecule has 0 saturated carbocycles. The molecule has 18 heavy (non-hydrogen) atoms. The highest BCUT2D eigenvalue weighted by Crippen LogP contribution is 2.29. The third kappa shape index (κ3) is 4.99. The third-order valence-electron chi connectivity index (χ3n) is 2.96. The Labute approximate surface area is 119 Å². The van der Waals surface area contributed by atoms with E-state index in [0.29, 0.717) is 0 Å². The fraction of sp³-hybridized carbons (Fsp3) is 0.600. The lowest BCUT2D eigenvalue weighted by atomic mass is 10.0. The van der Waals surface area contributed by atoms with Crippen LogP contribution >= 0.6 is 15.9 Å². The molecule has 0 fully saturated rings. The number of rotatable bonds is 8. The van der Waals surface area contributed by atoms with Crippen molar-refractivity contribution in [3.05, 3.63) is 28.2 Å². The third-order valence-corrected chi connectivity index (χ3v) is 3.58. The van der Waals surface area contributed by atoms with Gasteiger partial charge in [-0.05, 0) is 46.5 Å². The van der Waals surface area contributed by atoms with Crippen molar-refractivity contribution >= 4 is 15.9 Å². The summed E-state index contributed by atoms with van der Waals surface area (Å²) in [6.07, 6.45) is 5.76. The van der Waals surface area contributed by atoms with Crippen molar-refractivity contribution < 1.29 is 4.74 Å². The summed E-state index contributed by atoms with van der Waals surface area (Å²) in [5.41, 5.74) is 7.38. The summed E-state index contributed by atoms with van der Waals surface area (Å²) in [6.45, 7) is 5.06. The molecule has 1 aromatic carbocycles. The van der Waals surface area contributed by atoms with Gasteiger partial charge in [-0.25, -0.2) is 0 Å². The number of hydrogen-bond donors (Lipinski definition) is 1. The Morgan fingerprint density at radius 2 is 2.00 bits per heavy atom. The first-order valence-corrected chi connectivity index (χ1v) is 7.66. The Morgan fingerprint density at radius 1 is 1.22 bits per heavy atom.